The highest BCUT2D eigenvalue weighted by atomic mass is 16.2. The second-order valence-corrected chi connectivity index (χ2v) is 6.35. The molecule has 0 radical (unpaired) electrons. The third kappa shape index (κ3) is 2.33. The van der Waals surface area contributed by atoms with Crippen molar-refractivity contribution in [2.45, 2.75) is 33.6 Å². The van der Waals surface area contributed by atoms with Gasteiger partial charge in [-0.1, -0.05) is 12.2 Å². The quantitative estimate of drug-likeness (QED) is 0.671. The zero-order valence-electron chi connectivity index (χ0n) is 12.9. The number of fused-ring (bicyclic) bond motifs is 1. The summed E-state index contributed by atoms with van der Waals surface area (Å²) in [6, 6.07) is 0. The first-order chi connectivity index (χ1) is 9.99. The summed E-state index contributed by atoms with van der Waals surface area (Å²) in [6.07, 6.45) is 6.63. The molecular formula is C17H22N2O2. The Balaban J connectivity index is 1.85. The maximum absolute atomic E-state index is 12.8. The molecular weight excluding hydrogens is 264 g/mol. The van der Waals surface area contributed by atoms with Crippen LogP contribution in [0.25, 0.3) is 0 Å². The molecule has 1 N–H and O–H groups in total. The lowest BCUT2D eigenvalue weighted by Crippen LogP contribution is -2.29. The molecule has 1 saturated heterocycles. The van der Waals surface area contributed by atoms with Gasteiger partial charge in [-0.05, 0) is 44.1 Å². The van der Waals surface area contributed by atoms with Crippen LogP contribution in [0.5, 0.6) is 0 Å². The Hall–Kier alpha value is -1.84. The summed E-state index contributed by atoms with van der Waals surface area (Å²) in [7, 11) is 0. The molecule has 0 aromatic carbocycles. The van der Waals surface area contributed by atoms with Crippen LogP contribution in [-0.2, 0) is 0 Å². The number of hydrogen-bond donors (Lipinski definition) is 1. The van der Waals surface area contributed by atoms with E-state index in [4.69, 9.17) is 0 Å². The number of allylic oxidation sites excluding steroid dienone is 2. The molecule has 112 valence electrons. The Morgan fingerprint density at radius 2 is 1.71 bits per heavy atom. The average Bonchev–Trinajstić information content (AvgIpc) is 2.99. The summed E-state index contributed by atoms with van der Waals surface area (Å²) in [6.45, 7) is 6.94. The van der Waals surface area contributed by atoms with Crippen LogP contribution in [0.15, 0.2) is 12.2 Å². The number of aromatic amines is 1. The Morgan fingerprint density at radius 1 is 1.14 bits per heavy atom. The maximum atomic E-state index is 12.8. The van der Waals surface area contributed by atoms with Crippen molar-refractivity contribution in [2.75, 3.05) is 13.1 Å². The first-order valence-electron chi connectivity index (χ1n) is 7.63. The van der Waals surface area contributed by atoms with Gasteiger partial charge in [0.2, 0.25) is 0 Å². The topological polar surface area (TPSA) is 53.2 Å². The van der Waals surface area contributed by atoms with Crippen LogP contribution < -0.4 is 0 Å². The number of likely N-dealkylation sites (tertiary alicyclic amines) is 1. The molecule has 4 nitrogen and oxygen atoms in total. The zero-order chi connectivity index (χ0) is 15.1. The fourth-order valence-corrected chi connectivity index (χ4v) is 3.76. The number of ketones is 1. The first kappa shape index (κ1) is 14.1. The van der Waals surface area contributed by atoms with E-state index in [0.29, 0.717) is 23.1 Å². The van der Waals surface area contributed by atoms with Crippen LogP contribution in [-0.4, -0.2) is 34.7 Å². The molecule has 0 bridgehead atoms. The highest BCUT2D eigenvalue weighted by Gasteiger charge is 2.36. The number of carbonyl (C=O) groups excluding carboxylic acids is 2. The van der Waals surface area contributed by atoms with E-state index in [2.05, 4.69) is 17.1 Å². The van der Waals surface area contributed by atoms with Gasteiger partial charge < -0.3 is 9.88 Å². The predicted octanol–water partition coefficient (Wildman–Crippen LogP) is 2.87. The van der Waals surface area contributed by atoms with Crippen LogP contribution in [0, 0.1) is 25.7 Å². The summed E-state index contributed by atoms with van der Waals surface area (Å²) in [5, 5.41) is 0. The fraction of sp³-hybridized carbons (Fsp3) is 0.529. The minimum Gasteiger partial charge on any atom is -0.355 e. The molecule has 21 heavy (non-hydrogen) atoms. The average molecular weight is 286 g/mol. The maximum Gasteiger partial charge on any atom is 0.255 e. The van der Waals surface area contributed by atoms with E-state index in [1.807, 2.05) is 18.7 Å². The van der Waals surface area contributed by atoms with Crippen LogP contribution in [0.3, 0.4) is 0 Å². The molecule has 2 heterocycles. The SMILES string of the molecule is CC(=O)c1[nH]c(C)c(C(=O)N2C[C@H]3CC=CC[C@H]3C2)c1C. The highest BCUT2D eigenvalue weighted by Crippen LogP contribution is 2.34. The van der Waals surface area contributed by atoms with Gasteiger partial charge in [0.15, 0.2) is 5.78 Å². The van der Waals surface area contributed by atoms with Gasteiger partial charge in [0.1, 0.15) is 0 Å². The van der Waals surface area contributed by atoms with E-state index in [9.17, 15) is 9.59 Å². The van der Waals surface area contributed by atoms with Crippen molar-refractivity contribution in [1.82, 2.24) is 9.88 Å². The Labute approximate surface area is 125 Å². The number of carbonyl (C=O) groups is 2. The van der Waals surface area contributed by atoms with Gasteiger partial charge in [-0.2, -0.15) is 0 Å². The molecule has 1 aromatic rings. The summed E-state index contributed by atoms with van der Waals surface area (Å²) < 4.78 is 0. The number of H-pyrrole nitrogens is 1. The minimum atomic E-state index is -0.0195. The third-order valence-corrected chi connectivity index (χ3v) is 4.91. The van der Waals surface area contributed by atoms with Crippen molar-refractivity contribution >= 4 is 11.7 Å². The lowest BCUT2D eigenvalue weighted by Gasteiger charge is -2.17. The van der Waals surface area contributed by atoms with Crippen molar-refractivity contribution in [1.29, 1.82) is 0 Å². The largest absolute Gasteiger partial charge is 0.355 e. The number of Topliss-reactive ketones (excluding diaryl/α,β-unsaturated/α-hetero) is 1. The normalized spacial score (nSPS) is 24.2. The van der Waals surface area contributed by atoms with Crippen LogP contribution >= 0.6 is 0 Å². The number of nitrogens with zero attached hydrogens (tertiary/aromatic N) is 1. The zero-order valence-corrected chi connectivity index (χ0v) is 12.9. The molecule has 1 aliphatic carbocycles. The monoisotopic (exact) mass is 286 g/mol. The Morgan fingerprint density at radius 3 is 2.19 bits per heavy atom. The molecule has 1 amide bonds. The number of hydrogen-bond acceptors (Lipinski definition) is 2. The van der Waals surface area contributed by atoms with Crippen molar-refractivity contribution < 1.29 is 9.59 Å². The Bertz CT molecular complexity index is 611. The predicted molar refractivity (Wildman–Crippen MR) is 81.5 cm³/mol. The summed E-state index contributed by atoms with van der Waals surface area (Å²) >= 11 is 0. The minimum absolute atomic E-state index is 0.0195. The first-order valence-corrected chi connectivity index (χ1v) is 7.63. The van der Waals surface area contributed by atoms with Gasteiger partial charge >= 0.3 is 0 Å². The van der Waals surface area contributed by atoms with Crippen LogP contribution in [0.2, 0.25) is 0 Å². The van der Waals surface area contributed by atoms with E-state index in [0.717, 1.165) is 37.2 Å². The molecule has 3 rings (SSSR count). The van der Waals surface area contributed by atoms with E-state index >= 15 is 0 Å². The molecule has 1 aromatic heterocycles. The summed E-state index contributed by atoms with van der Waals surface area (Å²) in [5.74, 6) is 1.26. The smallest absolute Gasteiger partial charge is 0.255 e. The van der Waals surface area contributed by atoms with E-state index in [-0.39, 0.29) is 11.7 Å². The summed E-state index contributed by atoms with van der Waals surface area (Å²) in [5.41, 5.74) is 2.84. The second-order valence-electron chi connectivity index (χ2n) is 6.35. The molecule has 1 fully saturated rings. The molecule has 1 aliphatic heterocycles. The molecule has 0 unspecified atom stereocenters. The van der Waals surface area contributed by atoms with Gasteiger partial charge in [0.25, 0.3) is 5.91 Å². The lowest BCUT2D eigenvalue weighted by atomic mass is 9.86. The Kier molecular flexibility index (Phi) is 3.47. The van der Waals surface area contributed by atoms with E-state index in [1.54, 1.807) is 0 Å². The number of nitrogens with one attached hydrogen (secondary N) is 1. The number of amides is 1. The molecule has 0 spiro atoms. The third-order valence-electron chi connectivity index (χ3n) is 4.91. The number of rotatable bonds is 2. The fourth-order valence-electron chi connectivity index (χ4n) is 3.76. The standard InChI is InChI=1S/C17H22N2O2/c1-10-15(11(2)18-16(10)12(3)20)17(21)19-8-13-6-4-5-7-14(13)9-19/h4-5,13-14,18H,6-9H2,1-3H3/t13-,14+. The van der Waals surface area contributed by atoms with Gasteiger partial charge in [-0.3, -0.25) is 9.59 Å². The highest BCUT2D eigenvalue weighted by molar-refractivity contribution is 6.02. The molecule has 4 heteroatoms. The number of aryl methyl sites for hydroxylation is 1. The van der Waals surface area contributed by atoms with Gasteiger partial charge in [0.05, 0.1) is 11.3 Å². The van der Waals surface area contributed by atoms with Crippen molar-refractivity contribution in [3.63, 3.8) is 0 Å². The van der Waals surface area contributed by atoms with Crippen molar-refractivity contribution in [3.05, 3.63) is 34.7 Å². The second kappa shape index (κ2) is 5.17. The van der Waals surface area contributed by atoms with Gasteiger partial charge in [0, 0.05) is 25.7 Å². The molecule has 2 atom stereocenters. The van der Waals surface area contributed by atoms with Gasteiger partial charge in [-0.15, -0.1) is 0 Å². The molecule has 0 saturated carbocycles. The van der Waals surface area contributed by atoms with Crippen LogP contribution in [0.4, 0.5) is 0 Å². The van der Waals surface area contributed by atoms with Gasteiger partial charge in [-0.25, -0.2) is 0 Å². The van der Waals surface area contributed by atoms with Crippen molar-refractivity contribution in [3.8, 4) is 0 Å². The van der Waals surface area contributed by atoms with Crippen molar-refractivity contribution in [2.24, 2.45) is 11.8 Å². The summed E-state index contributed by atoms with van der Waals surface area (Å²) in [4.78, 5) is 29.5. The number of aromatic nitrogens is 1. The molecule has 2 aliphatic rings. The van der Waals surface area contributed by atoms with E-state index < -0.39 is 0 Å². The lowest BCUT2D eigenvalue weighted by molar-refractivity contribution is 0.0783. The van der Waals surface area contributed by atoms with E-state index in [1.165, 1.54) is 6.92 Å². The van der Waals surface area contributed by atoms with Crippen LogP contribution in [0.1, 0.15) is 51.9 Å².